The molecule has 2 heterocycles. The summed E-state index contributed by atoms with van der Waals surface area (Å²) in [4.78, 5) is 6.95. The van der Waals surface area contributed by atoms with Gasteiger partial charge in [0, 0.05) is 18.8 Å². The Labute approximate surface area is 107 Å². The molecule has 1 aromatic heterocycles. The molecule has 0 spiro atoms. The number of nitrogens with zero attached hydrogens (tertiary/aromatic N) is 2. The van der Waals surface area contributed by atoms with E-state index in [9.17, 15) is 0 Å². The Balaban J connectivity index is 1.82. The zero-order valence-electron chi connectivity index (χ0n) is 10.3. The van der Waals surface area contributed by atoms with Gasteiger partial charge < -0.3 is 10.6 Å². The quantitative estimate of drug-likeness (QED) is 0.892. The van der Waals surface area contributed by atoms with E-state index in [1.165, 1.54) is 11.3 Å². The van der Waals surface area contributed by atoms with Gasteiger partial charge in [-0.25, -0.2) is 0 Å². The van der Waals surface area contributed by atoms with Crippen LogP contribution in [0.4, 0.5) is 5.69 Å². The first-order valence-electron chi connectivity index (χ1n) is 6.34. The van der Waals surface area contributed by atoms with Crippen LogP contribution in [0.15, 0.2) is 42.5 Å². The van der Waals surface area contributed by atoms with Crippen molar-refractivity contribution in [1.82, 2.24) is 4.98 Å². The molecule has 1 aromatic carbocycles. The van der Waals surface area contributed by atoms with Crippen LogP contribution in [0.2, 0.25) is 0 Å². The summed E-state index contributed by atoms with van der Waals surface area (Å²) in [6, 6.07) is 14.7. The molecular formula is C15H17N3. The second kappa shape index (κ2) is 4.78. The van der Waals surface area contributed by atoms with Crippen LogP contribution in [-0.2, 0) is 19.5 Å². The van der Waals surface area contributed by atoms with E-state index in [2.05, 4.69) is 40.2 Å². The lowest BCUT2D eigenvalue weighted by Crippen LogP contribution is -2.20. The molecule has 0 atom stereocenters. The highest BCUT2D eigenvalue weighted by atomic mass is 15.2. The molecule has 3 nitrogen and oxygen atoms in total. The van der Waals surface area contributed by atoms with E-state index in [1.54, 1.807) is 0 Å². The molecule has 3 rings (SSSR count). The number of pyridine rings is 1. The van der Waals surface area contributed by atoms with E-state index in [0.717, 1.165) is 30.9 Å². The standard InChI is InChI=1S/C15H17N3/c16-10-13-5-3-6-14(17-13)11-18-9-8-12-4-1-2-7-15(12)18/h1-7H,8-11,16H2. The van der Waals surface area contributed by atoms with Crippen LogP contribution in [0.1, 0.15) is 17.0 Å². The van der Waals surface area contributed by atoms with Gasteiger partial charge in [0.1, 0.15) is 0 Å². The van der Waals surface area contributed by atoms with Gasteiger partial charge in [0.2, 0.25) is 0 Å². The largest absolute Gasteiger partial charge is 0.365 e. The van der Waals surface area contributed by atoms with Crippen LogP contribution in [0.5, 0.6) is 0 Å². The molecular weight excluding hydrogens is 222 g/mol. The second-order valence-corrected chi connectivity index (χ2v) is 4.62. The van der Waals surface area contributed by atoms with Gasteiger partial charge in [-0.1, -0.05) is 24.3 Å². The van der Waals surface area contributed by atoms with Crippen molar-refractivity contribution in [3.63, 3.8) is 0 Å². The Bertz CT molecular complexity index is 551. The lowest BCUT2D eigenvalue weighted by atomic mass is 10.2. The molecule has 3 heteroatoms. The Morgan fingerprint density at radius 3 is 2.78 bits per heavy atom. The smallest absolute Gasteiger partial charge is 0.0602 e. The van der Waals surface area contributed by atoms with Crippen molar-refractivity contribution in [2.24, 2.45) is 5.73 Å². The van der Waals surface area contributed by atoms with Gasteiger partial charge in [0.25, 0.3) is 0 Å². The Hall–Kier alpha value is -1.87. The summed E-state index contributed by atoms with van der Waals surface area (Å²) in [6.45, 7) is 2.45. The number of aromatic nitrogens is 1. The van der Waals surface area contributed by atoms with Crippen LogP contribution in [0.25, 0.3) is 0 Å². The molecule has 1 aliphatic heterocycles. The maximum absolute atomic E-state index is 5.63. The molecule has 2 aromatic rings. The molecule has 92 valence electrons. The average Bonchev–Trinajstić information content (AvgIpc) is 2.83. The predicted molar refractivity (Wildman–Crippen MR) is 73.3 cm³/mol. The number of anilines is 1. The van der Waals surface area contributed by atoms with Crippen molar-refractivity contribution in [2.75, 3.05) is 11.4 Å². The third-order valence-electron chi connectivity index (χ3n) is 3.41. The lowest BCUT2D eigenvalue weighted by molar-refractivity contribution is 0.803. The van der Waals surface area contributed by atoms with E-state index < -0.39 is 0 Å². The minimum atomic E-state index is 0.504. The van der Waals surface area contributed by atoms with E-state index >= 15 is 0 Å². The molecule has 0 aliphatic carbocycles. The maximum atomic E-state index is 5.63. The van der Waals surface area contributed by atoms with Gasteiger partial charge in [-0.05, 0) is 30.2 Å². The van der Waals surface area contributed by atoms with Crippen molar-refractivity contribution in [3.8, 4) is 0 Å². The number of fused-ring (bicyclic) bond motifs is 1. The van der Waals surface area contributed by atoms with Crippen molar-refractivity contribution in [1.29, 1.82) is 0 Å². The van der Waals surface area contributed by atoms with Gasteiger partial charge in [-0.2, -0.15) is 0 Å². The van der Waals surface area contributed by atoms with Crippen LogP contribution in [0, 0.1) is 0 Å². The fourth-order valence-electron chi connectivity index (χ4n) is 2.50. The summed E-state index contributed by atoms with van der Waals surface area (Å²) in [6.07, 6.45) is 1.13. The number of rotatable bonds is 3. The number of hydrogen-bond acceptors (Lipinski definition) is 3. The van der Waals surface area contributed by atoms with Gasteiger partial charge >= 0.3 is 0 Å². The van der Waals surface area contributed by atoms with Crippen LogP contribution in [0.3, 0.4) is 0 Å². The van der Waals surface area contributed by atoms with Crippen molar-refractivity contribution in [3.05, 3.63) is 59.4 Å². The molecule has 0 unspecified atom stereocenters. The highest BCUT2D eigenvalue weighted by molar-refractivity contribution is 5.57. The molecule has 1 aliphatic rings. The number of hydrogen-bond donors (Lipinski definition) is 1. The highest BCUT2D eigenvalue weighted by Gasteiger charge is 2.18. The van der Waals surface area contributed by atoms with Gasteiger partial charge in [0.05, 0.1) is 17.9 Å². The molecule has 0 saturated carbocycles. The van der Waals surface area contributed by atoms with Crippen LogP contribution in [-0.4, -0.2) is 11.5 Å². The zero-order chi connectivity index (χ0) is 12.4. The Morgan fingerprint density at radius 1 is 1.06 bits per heavy atom. The maximum Gasteiger partial charge on any atom is 0.0602 e. The average molecular weight is 239 g/mol. The molecule has 0 bridgehead atoms. The summed E-state index contributed by atoms with van der Waals surface area (Å²) in [7, 11) is 0. The van der Waals surface area contributed by atoms with E-state index in [1.807, 2.05) is 12.1 Å². The fourth-order valence-corrected chi connectivity index (χ4v) is 2.50. The summed E-state index contributed by atoms with van der Waals surface area (Å²) in [5, 5.41) is 0. The van der Waals surface area contributed by atoms with E-state index in [4.69, 9.17) is 5.73 Å². The number of benzene rings is 1. The van der Waals surface area contributed by atoms with Crippen molar-refractivity contribution < 1.29 is 0 Å². The number of para-hydroxylation sites is 1. The molecule has 0 saturated heterocycles. The Morgan fingerprint density at radius 2 is 1.89 bits per heavy atom. The van der Waals surface area contributed by atoms with Crippen LogP contribution < -0.4 is 10.6 Å². The van der Waals surface area contributed by atoms with E-state index in [0.29, 0.717) is 6.54 Å². The third kappa shape index (κ3) is 2.09. The first kappa shape index (κ1) is 11.2. The summed E-state index contributed by atoms with van der Waals surface area (Å²) in [5.74, 6) is 0. The minimum Gasteiger partial charge on any atom is -0.365 e. The van der Waals surface area contributed by atoms with E-state index in [-0.39, 0.29) is 0 Å². The van der Waals surface area contributed by atoms with Crippen molar-refractivity contribution in [2.45, 2.75) is 19.5 Å². The summed E-state index contributed by atoms with van der Waals surface area (Å²) < 4.78 is 0. The highest BCUT2D eigenvalue weighted by Crippen LogP contribution is 2.28. The van der Waals surface area contributed by atoms with Crippen molar-refractivity contribution >= 4 is 5.69 Å². The molecule has 0 radical (unpaired) electrons. The topological polar surface area (TPSA) is 42.1 Å². The lowest BCUT2D eigenvalue weighted by Gasteiger charge is -2.19. The van der Waals surface area contributed by atoms with Gasteiger partial charge in [-0.3, -0.25) is 4.98 Å². The predicted octanol–water partition coefficient (Wildman–Crippen LogP) is 2.10. The first-order valence-corrected chi connectivity index (χ1v) is 6.34. The number of nitrogens with two attached hydrogens (primary N) is 1. The fraction of sp³-hybridized carbons (Fsp3) is 0.267. The normalized spacial score (nSPS) is 13.7. The van der Waals surface area contributed by atoms with Gasteiger partial charge in [-0.15, -0.1) is 0 Å². The second-order valence-electron chi connectivity index (χ2n) is 4.62. The third-order valence-corrected chi connectivity index (χ3v) is 3.41. The molecule has 0 amide bonds. The SMILES string of the molecule is NCc1cccc(CN2CCc3ccccc32)n1. The molecule has 0 fully saturated rings. The monoisotopic (exact) mass is 239 g/mol. The summed E-state index contributed by atoms with van der Waals surface area (Å²) in [5.41, 5.74) is 10.5. The minimum absolute atomic E-state index is 0.504. The zero-order valence-corrected chi connectivity index (χ0v) is 10.3. The van der Waals surface area contributed by atoms with Crippen LogP contribution >= 0.6 is 0 Å². The first-order chi connectivity index (χ1) is 8.86. The molecule has 18 heavy (non-hydrogen) atoms. The Kier molecular flexibility index (Phi) is 2.99. The summed E-state index contributed by atoms with van der Waals surface area (Å²) >= 11 is 0. The molecule has 2 N–H and O–H groups in total. The van der Waals surface area contributed by atoms with Gasteiger partial charge in [0.15, 0.2) is 0 Å².